The molecule has 4 rings (SSSR count). The Balaban J connectivity index is 1.26. The smallest absolute Gasteiger partial charge is 0.123 e. The first-order chi connectivity index (χ1) is 14.7. The summed E-state index contributed by atoms with van der Waals surface area (Å²) in [7, 11) is 0. The molecule has 0 heterocycles. The van der Waals surface area contributed by atoms with Crippen molar-refractivity contribution in [2.75, 3.05) is 0 Å². The predicted octanol–water partition coefficient (Wildman–Crippen LogP) is 8.73. The zero-order chi connectivity index (χ0) is 20.8. The monoisotopic (exact) mass is 406 g/mol. The Morgan fingerprint density at radius 3 is 2.17 bits per heavy atom. The largest absolute Gasteiger partial charge is 0.207 e. The maximum Gasteiger partial charge on any atom is 0.123 e. The van der Waals surface area contributed by atoms with Crippen LogP contribution in [-0.2, 0) is 12.8 Å². The van der Waals surface area contributed by atoms with Crippen LogP contribution in [0.2, 0.25) is 0 Å². The van der Waals surface area contributed by atoms with Crippen molar-refractivity contribution in [3.8, 4) is 0 Å². The Morgan fingerprint density at radius 2 is 1.43 bits per heavy atom. The summed E-state index contributed by atoms with van der Waals surface area (Å²) in [5, 5.41) is 0. The number of hydrogen-bond acceptors (Lipinski definition) is 0. The molecule has 1 unspecified atom stereocenters. The van der Waals surface area contributed by atoms with E-state index in [-0.39, 0.29) is 5.82 Å². The number of benzene rings is 2. The second-order valence-electron chi connectivity index (χ2n) is 9.94. The molecule has 0 saturated heterocycles. The molecule has 162 valence electrons. The van der Waals surface area contributed by atoms with Crippen molar-refractivity contribution in [1.29, 1.82) is 0 Å². The van der Waals surface area contributed by atoms with Crippen LogP contribution in [0.1, 0.15) is 112 Å². The molecular weight excluding hydrogens is 367 g/mol. The van der Waals surface area contributed by atoms with E-state index in [1.165, 1.54) is 87.3 Å². The van der Waals surface area contributed by atoms with Gasteiger partial charge in [0.1, 0.15) is 5.82 Å². The van der Waals surface area contributed by atoms with E-state index in [0.29, 0.717) is 5.92 Å². The summed E-state index contributed by atoms with van der Waals surface area (Å²) in [6.07, 6.45) is 17.3. The summed E-state index contributed by atoms with van der Waals surface area (Å²) >= 11 is 0. The predicted molar refractivity (Wildman–Crippen MR) is 126 cm³/mol. The molecule has 0 N–H and O–H groups in total. The standard InChI is InChI=1S/C29H39F/c1-2-3-4-5-6-7-22-8-10-23(11-9-22)24-12-14-25(15-13-24)27-17-16-26-18-19-29(30)21-28(26)20-27/h12-15,18-19,21-23,27H,2-11,16-17,20H2,1H3. The van der Waals surface area contributed by atoms with E-state index in [0.717, 1.165) is 24.7 Å². The van der Waals surface area contributed by atoms with Crippen LogP contribution in [0, 0.1) is 11.7 Å². The van der Waals surface area contributed by atoms with Crippen LogP contribution >= 0.6 is 0 Å². The molecule has 0 bridgehead atoms. The van der Waals surface area contributed by atoms with Crippen LogP contribution in [0.3, 0.4) is 0 Å². The van der Waals surface area contributed by atoms with E-state index in [4.69, 9.17) is 0 Å². The van der Waals surface area contributed by atoms with Gasteiger partial charge in [-0.15, -0.1) is 0 Å². The minimum absolute atomic E-state index is 0.0960. The lowest BCUT2D eigenvalue weighted by molar-refractivity contribution is 0.302. The molecule has 0 nitrogen and oxygen atoms in total. The van der Waals surface area contributed by atoms with Gasteiger partial charge < -0.3 is 0 Å². The van der Waals surface area contributed by atoms with Gasteiger partial charge in [-0.05, 0) is 97.1 Å². The first kappa shape index (κ1) is 21.6. The molecule has 2 aliphatic rings. The summed E-state index contributed by atoms with van der Waals surface area (Å²) in [6.45, 7) is 2.29. The Morgan fingerprint density at radius 1 is 0.733 bits per heavy atom. The maximum atomic E-state index is 13.6. The van der Waals surface area contributed by atoms with Crippen molar-refractivity contribution < 1.29 is 4.39 Å². The molecule has 30 heavy (non-hydrogen) atoms. The quantitative estimate of drug-likeness (QED) is 0.384. The number of fused-ring (bicyclic) bond motifs is 1. The van der Waals surface area contributed by atoms with Gasteiger partial charge >= 0.3 is 0 Å². The van der Waals surface area contributed by atoms with Gasteiger partial charge in [0.15, 0.2) is 0 Å². The highest BCUT2D eigenvalue weighted by atomic mass is 19.1. The topological polar surface area (TPSA) is 0 Å². The van der Waals surface area contributed by atoms with Crippen molar-refractivity contribution in [2.24, 2.45) is 5.92 Å². The van der Waals surface area contributed by atoms with E-state index in [2.05, 4.69) is 31.2 Å². The van der Waals surface area contributed by atoms with Gasteiger partial charge in [-0.1, -0.05) is 75.8 Å². The molecule has 0 spiro atoms. The maximum absolute atomic E-state index is 13.6. The van der Waals surface area contributed by atoms with E-state index in [1.54, 1.807) is 17.7 Å². The van der Waals surface area contributed by atoms with E-state index >= 15 is 0 Å². The van der Waals surface area contributed by atoms with Crippen LogP contribution in [0.25, 0.3) is 0 Å². The zero-order valence-electron chi connectivity index (χ0n) is 18.8. The molecule has 0 amide bonds. The van der Waals surface area contributed by atoms with Crippen LogP contribution in [0.4, 0.5) is 4.39 Å². The fourth-order valence-electron chi connectivity index (χ4n) is 5.87. The lowest BCUT2D eigenvalue weighted by atomic mass is 9.76. The highest BCUT2D eigenvalue weighted by molar-refractivity contribution is 5.35. The second kappa shape index (κ2) is 10.6. The third-order valence-corrected chi connectivity index (χ3v) is 7.84. The molecule has 1 saturated carbocycles. The Hall–Kier alpha value is -1.63. The van der Waals surface area contributed by atoms with Crippen molar-refractivity contribution in [1.82, 2.24) is 0 Å². The molecule has 2 aromatic carbocycles. The van der Waals surface area contributed by atoms with Crippen LogP contribution in [0.15, 0.2) is 42.5 Å². The molecule has 1 heteroatoms. The second-order valence-corrected chi connectivity index (χ2v) is 9.94. The van der Waals surface area contributed by atoms with Gasteiger partial charge in [0, 0.05) is 0 Å². The summed E-state index contributed by atoms with van der Waals surface area (Å²) in [5.41, 5.74) is 5.53. The van der Waals surface area contributed by atoms with Crippen molar-refractivity contribution in [3.63, 3.8) is 0 Å². The Kier molecular flexibility index (Phi) is 7.63. The third-order valence-electron chi connectivity index (χ3n) is 7.84. The van der Waals surface area contributed by atoms with Crippen molar-refractivity contribution in [3.05, 3.63) is 70.5 Å². The fraction of sp³-hybridized carbons (Fsp3) is 0.586. The van der Waals surface area contributed by atoms with E-state index in [9.17, 15) is 4.39 Å². The SMILES string of the molecule is CCCCCCCC1CCC(c2ccc(C3CCc4ccc(F)cc4C3)cc2)CC1. The molecular formula is C29H39F. The van der Waals surface area contributed by atoms with Crippen LogP contribution < -0.4 is 0 Å². The number of rotatable bonds is 8. The Labute approximate surface area is 183 Å². The molecule has 2 aromatic rings. The molecule has 2 aliphatic carbocycles. The zero-order valence-corrected chi connectivity index (χ0v) is 18.8. The van der Waals surface area contributed by atoms with Crippen LogP contribution in [0.5, 0.6) is 0 Å². The number of halogens is 1. The van der Waals surface area contributed by atoms with Gasteiger partial charge in [-0.2, -0.15) is 0 Å². The number of hydrogen-bond donors (Lipinski definition) is 0. The molecule has 1 atom stereocenters. The normalized spacial score (nSPS) is 23.9. The molecule has 0 aliphatic heterocycles. The lowest BCUT2D eigenvalue weighted by Crippen LogP contribution is -2.14. The van der Waals surface area contributed by atoms with Gasteiger partial charge in [-0.3, -0.25) is 0 Å². The first-order valence-electron chi connectivity index (χ1n) is 12.6. The molecule has 0 radical (unpaired) electrons. The lowest BCUT2D eigenvalue weighted by Gasteiger charge is -2.29. The third kappa shape index (κ3) is 5.54. The first-order valence-corrected chi connectivity index (χ1v) is 12.6. The summed E-state index contributed by atoms with van der Waals surface area (Å²) in [4.78, 5) is 0. The highest BCUT2D eigenvalue weighted by Crippen LogP contribution is 2.39. The van der Waals surface area contributed by atoms with Crippen molar-refractivity contribution >= 4 is 0 Å². The van der Waals surface area contributed by atoms with E-state index < -0.39 is 0 Å². The molecule has 0 aromatic heterocycles. The molecule has 1 fully saturated rings. The summed E-state index contributed by atoms with van der Waals surface area (Å²) in [5.74, 6) is 2.18. The Bertz CT molecular complexity index is 783. The van der Waals surface area contributed by atoms with Crippen molar-refractivity contribution in [2.45, 2.75) is 102 Å². The van der Waals surface area contributed by atoms with Gasteiger partial charge in [0.25, 0.3) is 0 Å². The van der Waals surface area contributed by atoms with E-state index in [1.807, 2.05) is 6.07 Å². The van der Waals surface area contributed by atoms with Gasteiger partial charge in [-0.25, -0.2) is 4.39 Å². The summed E-state index contributed by atoms with van der Waals surface area (Å²) in [6, 6.07) is 14.9. The minimum atomic E-state index is -0.0960. The fourth-order valence-corrected chi connectivity index (χ4v) is 5.87. The highest BCUT2D eigenvalue weighted by Gasteiger charge is 2.24. The van der Waals surface area contributed by atoms with Crippen LogP contribution in [-0.4, -0.2) is 0 Å². The average molecular weight is 407 g/mol. The van der Waals surface area contributed by atoms with Gasteiger partial charge in [0.2, 0.25) is 0 Å². The summed E-state index contributed by atoms with van der Waals surface area (Å²) < 4.78 is 13.6. The average Bonchev–Trinajstić information content (AvgIpc) is 2.79. The number of unbranched alkanes of at least 4 members (excludes halogenated alkanes) is 4. The minimum Gasteiger partial charge on any atom is -0.207 e. The van der Waals surface area contributed by atoms with Gasteiger partial charge in [0.05, 0.1) is 0 Å². The number of aryl methyl sites for hydroxylation is 1.